The van der Waals surface area contributed by atoms with E-state index in [-0.39, 0.29) is 41.0 Å². The van der Waals surface area contributed by atoms with Gasteiger partial charge in [-0.25, -0.2) is 23.5 Å². The van der Waals surface area contributed by atoms with E-state index < -0.39 is 55.3 Å². The van der Waals surface area contributed by atoms with Gasteiger partial charge in [0.1, 0.15) is 12.7 Å². The molecule has 0 bridgehead atoms. The number of ether oxygens (including phenoxy) is 6. The number of halogens is 1. The number of nitrogens with zero attached hydrogens (tertiary/aromatic N) is 2. The highest BCUT2D eigenvalue weighted by atomic mass is 19.1. The van der Waals surface area contributed by atoms with Gasteiger partial charge in [-0.3, -0.25) is 4.79 Å². The van der Waals surface area contributed by atoms with Crippen molar-refractivity contribution in [2.24, 2.45) is 0 Å². The molecule has 5 atom stereocenters. The summed E-state index contributed by atoms with van der Waals surface area (Å²) >= 11 is 0. The number of hydrogen-bond acceptors (Lipinski definition) is 11. The first-order chi connectivity index (χ1) is 32.1. The van der Waals surface area contributed by atoms with E-state index in [2.05, 4.69) is 0 Å². The number of aromatic nitrogens is 2. The average Bonchev–Trinajstić information content (AvgIpc) is 3.67. The zero-order chi connectivity index (χ0) is 46.4. The van der Waals surface area contributed by atoms with Crippen molar-refractivity contribution < 1.29 is 52.0 Å². The third kappa shape index (κ3) is 12.2. The van der Waals surface area contributed by atoms with E-state index in [0.29, 0.717) is 37.9 Å². The van der Waals surface area contributed by atoms with Crippen molar-refractivity contribution >= 4 is 23.9 Å². The number of alkyl halides is 1. The van der Waals surface area contributed by atoms with Gasteiger partial charge in [0.15, 0.2) is 12.3 Å². The smallest absolute Gasteiger partial charge is 0.338 e. The Bertz CT molecular complexity index is 2520. The first kappa shape index (κ1) is 46.9. The van der Waals surface area contributed by atoms with Gasteiger partial charge in [0.05, 0.1) is 35.5 Å². The Morgan fingerprint density at radius 3 is 1.76 bits per heavy atom. The Kier molecular flexibility index (Phi) is 16.1. The third-order valence-corrected chi connectivity index (χ3v) is 11.0. The summed E-state index contributed by atoms with van der Waals surface area (Å²) in [6, 6.07) is 42.1. The second-order valence-electron chi connectivity index (χ2n) is 16.2. The Labute approximate surface area is 383 Å². The number of carbonyl (C=O) groups is 4. The molecule has 13 heteroatoms. The summed E-state index contributed by atoms with van der Waals surface area (Å²) in [5.41, 5.74) is 4.81. The predicted octanol–water partition coefficient (Wildman–Crippen LogP) is 9.28. The zero-order valence-electron chi connectivity index (χ0n) is 37.1. The topological polar surface area (TPSA) is 141 Å². The quantitative estimate of drug-likeness (QED) is 0.0568. The van der Waals surface area contributed by atoms with Crippen LogP contribution in [-0.4, -0.2) is 77.6 Å². The molecule has 0 saturated carbocycles. The fourth-order valence-corrected chi connectivity index (χ4v) is 7.63. The summed E-state index contributed by atoms with van der Waals surface area (Å²) in [6.45, 7) is 5.81. The molecule has 7 rings (SSSR count). The van der Waals surface area contributed by atoms with Crippen molar-refractivity contribution in [3.8, 4) is 5.88 Å². The van der Waals surface area contributed by atoms with E-state index in [9.17, 15) is 19.2 Å². The van der Waals surface area contributed by atoms with E-state index in [0.717, 1.165) is 22.4 Å². The molecule has 0 aliphatic carbocycles. The molecule has 0 spiro atoms. The van der Waals surface area contributed by atoms with Gasteiger partial charge in [-0.2, -0.15) is 5.10 Å². The second kappa shape index (κ2) is 22.7. The summed E-state index contributed by atoms with van der Waals surface area (Å²) in [5, 5.41) is 5.08. The molecular formula is C53H53FN2O10. The summed E-state index contributed by atoms with van der Waals surface area (Å²) in [6.07, 6.45) is -6.86. The van der Waals surface area contributed by atoms with Gasteiger partial charge in [0.25, 0.3) is 0 Å². The van der Waals surface area contributed by atoms with Crippen LogP contribution in [0.3, 0.4) is 0 Å². The Hall–Kier alpha value is -7.12. The lowest BCUT2D eigenvalue weighted by molar-refractivity contribution is -0.265. The lowest BCUT2D eigenvalue weighted by Gasteiger charge is -2.42. The lowest BCUT2D eigenvalue weighted by Crippen LogP contribution is -2.61. The molecule has 6 aromatic rings. The van der Waals surface area contributed by atoms with Gasteiger partial charge in [-0.1, -0.05) is 123 Å². The van der Waals surface area contributed by atoms with Gasteiger partial charge in [-0.15, -0.1) is 0 Å². The monoisotopic (exact) mass is 896 g/mol. The van der Waals surface area contributed by atoms with Crippen LogP contribution in [0.1, 0.15) is 98.6 Å². The number of aryl methyl sites for hydroxylation is 1. The molecule has 0 radical (unpaired) electrons. The largest absolute Gasteiger partial charge is 0.466 e. The van der Waals surface area contributed by atoms with Crippen LogP contribution in [0.25, 0.3) is 0 Å². The van der Waals surface area contributed by atoms with Gasteiger partial charge >= 0.3 is 23.9 Å². The first-order valence-corrected chi connectivity index (χ1v) is 22.1. The third-order valence-electron chi connectivity index (χ3n) is 11.0. The molecule has 5 aromatic carbocycles. The van der Waals surface area contributed by atoms with Crippen LogP contribution in [0.2, 0.25) is 0 Å². The van der Waals surface area contributed by atoms with Crippen molar-refractivity contribution in [2.45, 2.75) is 89.7 Å². The maximum atomic E-state index is 17.2. The highest BCUT2D eigenvalue weighted by molar-refractivity contribution is 5.91. The van der Waals surface area contributed by atoms with Crippen LogP contribution in [0.15, 0.2) is 146 Å². The molecule has 66 heavy (non-hydrogen) atoms. The number of benzene rings is 5. The Balaban J connectivity index is 1.28. The Morgan fingerprint density at radius 1 is 0.667 bits per heavy atom. The molecule has 1 aliphatic heterocycles. The maximum absolute atomic E-state index is 17.2. The minimum atomic E-state index is -2.18. The van der Waals surface area contributed by atoms with E-state index >= 15 is 4.39 Å². The fraction of sp³-hybridized carbons (Fsp3) is 0.302. The van der Waals surface area contributed by atoms with Gasteiger partial charge in [0, 0.05) is 18.4 Å². The molecule has 1 saturated heterocycles. The van der Waals surface area contributed by atoms with E-state index in [1.54, 1.807) is 90.5 Å². The van der Waals surface area contributed by atoms with E-state index in [4.69, 9.17) is 33.5 Å². The zero-order valence-corrected chi connectivity index (χ0v) is 37.1. The molecule has 0 N–H and O–H groups in total. The molecule has 12 nitrogen and oxygen atoms in total. The van der Waals surface area contributed by atoms with Crippen molar-refractivity contribution in [1.29, 1.82) is 0 Å². The molecule has 2 heterocycles. The summed E-state index contributed by atoms with van der Waals surface area (Å²) < 4.78 is 54.9. The average molecular weight is 897 g/mol. The van der Waals surface area contributed by atoms with Crippen LogP contribution >= 0.6 is 0 Å². The molecule has 1 aromatic heterocycles. The second-order valence-corrected chi connectivity index (χ2v) is 16.2. The summed E-state index contributed by atoms with van der Waals surface area (Å²) in [4.78, 5) is 52.8. The maximum Gasteiger partial charge on any atom is 0.338 e. The van der Waals surface area contributed by atoms with E-state index in [1.165, 1.54) is 12.1 Å². The summed E-state index contributed by atoms with van der Waals surface area (Å²) in [5.74, 6) is -2.53. The number of hydrogen-bond donors (Lipinski definition) is 0. The normalized spacial score (nSPS) is 18.0. The minimum Gasteiger partial charge on any atom is -0.466 e. The van der Waals surface area contributed by atoms with Gasteiger partial charge in [-0.05, 0) is 78.8 Å². The van der Waals surface area contributed by atoms with Crippen LogP contribution in [0.4, 0.5) is 4.39 Å². The van der Waals surface area contributed by atoms with Crippen molar-refractivity contribution in [3.05, 3.63) is 190 Å². The summed E-state index contributed by atoms with van der Waals surface area (Å²) in [7, 11) is 0. The van der Waals surface area contributed by atoms with Crippen LogP contribution in [-0.2, 0) is 47.9 Å². The molecule has 0 amide bonds. The predicted molar refractivity (Wildman–Crippen MR) is 243 cm³/mol. The first-order valence-electron chi connectivity index (χ1n) is 22.1. The standard InChI is InChI=1S/C53H53FN2O10/c1-4-61-44(57)27-17-20-36-28-30-37(31-29-36)32-42-46(35(2)3)55-56(33-38-18-9-5-10-19-38)49(42)66-53-48(65-52(60)41-25-15-8-16-26-41)47(64-51(59)40-23-13-7-14-24-40)45(54)43(63-53)34-62-50(58)39-21-11-6-12-22-39/h5-16,18-19,21-26,28-31,35,43,45,47-48,53H,4,17,20,27,32-34H2,1-3H3/t43?,45-,47?,48-,53?/m1/s1. The fourth-order valence-electron chi connectivity index (χ4n) is 7.63. The minimum absolute atomic E-state index is 0.0968. The lowest BCUT2D eigenvalue weighted by atomic mass is 9.97. The number of carbonyl (C=O) groups excluding carboxylic acids is 4. The molecule has 3 unspecified atom stereocenters. The van der Waals surface area contributed by atoms with Crippen LogP contribution in [0.5, 0.6) is 5.88 Å². The number of esters is 4. The van der Waals surface area contributed by atoms with Crippen molar-refractivity contribution in [2.75, 3.05) is 13.2 Å². The SMILES string of the molecule is CCOC(=O)CCCc1ccc(Cc2c(C(C)C)nn(Cc3ccccc3)c2OC2OC(COC(=O)c3ccccc3)[C@@H](F)C(OC(=O)c3ccccc3)[C@H]2OC(=O)c2ccccc2)cc1. The van der Waals surface area contributed by atoms with Gasteiger partial charge < -0.3 is 28.4 Å². The van der Waals surface area contributed by atoms with Gasteiger partial charge in [0.2, 0.25) is 18.3 Å². The van der Waals surface area contributed by atoms with Crippen LogP contribution in [0, 0.1) is 0 Å². The highest BCUT2D eigenvalue weighted by Gasteiger charge is 2.53. The van der Waals surface area contributed by atoms with Crippen molar-refractivity contribution in [1.82, 2.24) is 9.78 Å². The van der Waals surface area contributed by atoms with E-state index in [1.807, 2.05) is 68.4 Å². The Morgan fingerprint density at radius 2 is 1.20 bits per heavy atom. The molecule has 342 valence electrons. The molecular weight excluding hydrogens is 844 g/mol. The molecule has 1 fully saturated rings. The van der Waals surface area contributed by atoms with Crippen molar-refractivity contribution in [3.63, 3.8) is 0 Å². The highest BCUT2D eigenvalue weighted by Crippen LogP contribution is 2.36. The number of rotatable bonds is 19. The molecule has 1 aliphatic rings. The van der Waals surface area contributed by atoms with Crippen LogP contribution < -0.4 is 4.74 Å².